The van der Waals surface area contributed by atoms with Gasteiger partial charge in [0.15, 0.2) is 0 Å². The Kier molecular flexibility index (Phi) is 4.53. The Bertz CT molecular complexity index is 241. The summed E-state index contributed by atoms with van der Waals surface area (Å²) in [5.74, 6) is -0.105. The molecular weight excluding hydrogens is 222 g/mol. The van der Waals surface area contributed by atoms with Crippen LogP contribution in [0.25, 0.3) is 0 Å². The zero-order valence-electron chi connectivity index (χ0n) is 9.91. The number of methoxy groups -OCH3 is 1. The molecule has 0 bridgehead atoms. The molecule has 16 heavy (non-hydrogen) atoms. The van der Waals surface area contributed by atoms with Crippen molar-refractivity contribution in [1.29, 1.82) is 0 Å². The summed E-state index contributed by atoms with van der Waals surface area (Å²) in [6.07, 6.45) is 7.85. The van der Waals surface area contributed by atoms with E-state index in [-0.39, 0.29) is 12.0 Å². The topological polar surface area (TPSA) is 38.3 Å². The highest BCUT2D eigenvalue weighted by Gasteiger charge is 2.32. The lowest BCUT2D eigenvalue weighted by Gasteiger charge is -2.23. The first-order valence-electron chi connectivity index (χ1n) is 6.26. The molecule has 1 unspecified atom stereocenters. The fourth-order valence-corrected chi connectivity index (χ4v) is 4.25. The molecule has 1 aliphatic carbocycles. The third-order valence-corrected chi connectivity index (χ3v) is 5.11. The van der Waals surface area contributed by atoms with E-state index in [1.54, 1.807) is 0 Å². The van der Waals surface area contributed by atoms with Crippen LogP contribution in [0.5, 0.6) is 0 Å². The molecule has 1 saturated carbocycles. The van der Waals surface area contributed by atoms with E-state index in [0.717, 1.165) is 18.2 Å². The smallest absolute Gasteiger partial charge is 0.322 e. The van der Waals surface area contributed by atoms with E-state index in [0.29, 0.717) is 5.25 Å². The van der Waals surface area contributed by atoms with E-state index < -0.39 is 0 Å². The third kappa shape index (κ3) is 3.14. The van der Waals surface area contributed by atoms with Gasteiger partial charge >= 0.3 is 5.97 Å². The van der Waals surface area contributed by atoms with Crippen LogP contribution in [-0.2, 0) is 9.53 Å². The summed E-state index contributed by atoms with van der Waals surface area (Å²) in [5.41, 5.74) is 0. The SMILES string of the molecule is COC(=O)[C@@H]1CC(SC2CCCCC2)CN1. The summed E-state index contributed by atoms with van der Waals surface area (Å²) in [4.78, 5) is 11.4. The molecule has 3 nitrogen and oxygen atoms in total. The van der Waals surface area contributed by atoms with E-state index >= 15 is 0 Å². The number of esters is 1. The lowest BCUT2D eigenvalue weighted by Crippen LogP contribution is -2.31. The van der Waals surface area contributed by atoms with E-state index in [4.69, 9.17) is 4.74 Å². The predicted molar refractivity (Wildman–Crippen MR) is 66.7 cm³/mol. The van der Waals surface area contributed by atoms with Gasteiger partial charge in [-0.2, -0.15) is 11.8 Å². The zero-order valence-corrected chi connectivity index (χ0v) is 10.7. The first kappa shape index (κ1) is 12.2. The molecule has 0 aromatic carbocycles. The molecule has 1 saturated heterocycles. The van der Waals surface area contributed by atoms with Crippen molar-refractivity contribution in [3.63, 3.8) is 0 Å². The molecule has 1 aliphatic heterocycles. The van der Waals surface area contributed by atoms with Gasteiger partial charge in [-0.15, -0.1) is 0 Å². The maximum Gasteiger partial charge on any atom is 0.322 e. The molecule has 2 fully saturated rings. The van der Waals surface area contributed by atoms with Gasteiger partial charge < -0.3 is 10.1 Å². The molecule has 0 aromatic rings. The van der Waals surface area contributed by atoms with Gasteiger partial charge in [0, 0.05) is 17.0 Å². The minimum absolute atomic E-state index is 0.0638. The van der Waals surface area contributed by atoms with Crippen molar-refractivity contribution in [2.75, 3.05) is 13.7 Å². The summed E-state index contributed by atoms with van der Waals surface area (Å²) < 4.78 is 4.76. The maximum absolute atomic E-state index is 11.4. The number of carbonyl (C=O) groups is 1. The molecule has 2 atom stereocenters. The summed E-state index contributed by atoms with van der Waals surface area (Å²) in [6, 6.07) is -0.0638. The molecular formula is C12H21NO2S. The van der Waals surface area contributed by atoms with Crippen molar-refractivity contribution in [2.24, 2.45) is 0 Å². The largest absolute Gasteiger partial charge is 0.468 e. The Morgan fingerprint density at radius 3 is 2.69 bits per heavy atom. The van der Waals surface area contributed by atoms with E-state index in [1.807, 2.05) is 0 Å². The molecule has 0 aromatic heterocycles. The van der Waals surface area contributed by atoms with Gasteiger partial charge in [0.05, 0.1) is 7.11 Å². The van der Waals surface area contributed by atoms with Crippen LogP contribution in [0.4, 0.5) is 0 Å². The minimum atomic E-state index is -0.105. The van der Waals surface area contributed by atoms with Gasteiger partial charge in [-0.05, 0) is 19.3 Å². The van der Waals surface area contributed by atoms with Crippen LogP contribution in [0.15, 0.2) is 0 Å². The molecule has 2 aliphatic rings. The van der Waals surface area contributed by atoms with Gasteiger partial charge in [0.1, 0.15) is 6.04 Å². The average molecular weight is 243 g/mol. The van der Waals surface area contributed by atoms with Gasteiger partial charge in [0.25, 0.3) is 0 Å². The number of rotatable bonds is 3. The highest BCUT2D eigenvalue weighted by atomic mass is 32.2. The number of hydrogen-bond acceptors (Lipinski definition) is 4. The van der Waals surface area contributed by atoms with Crippen molar-refractivity contribution < 1.29 is 9.53 Å². The lowest BCUT2D eigenvalue weighted by molar-refractivity contribution is -0.142. The summed E-state index contributed by atoms with van der Waals surface area (Å²) in [6.45, 7) is 0.959. The maximum atomic E-state index is 11.4. The Morgan fingerprint density at radius 2 is 2.00 bits per heavy atom. The van der Waals surface area contributed by atoms with E-state index in [9.17, 15) is 4.79 Å². The third-order valence-electron chi connectivity index (χ3n) is 3.51. The minimum Gasteiger partial charge on any atom is -0.468 e. The number of nitrogens with one attached hydrogen (secondary N) is 1. The lowest BCUT2D eigenvalue weighted by atomic mass is 10.0. The Morgan fingerprint density at radius 1 is 1.25 bits per heavy atom. The second kappa shape index (κ2) is 5.92. The molecule has 1 heterocycles. The van der Waals surface area contributed by atoms with Crippen LogP contribution in [0.2, 0.25) is 0 Å². The second-order valence-electron chi connectivity index (χ2n) is 4.74. The van der Waals surface area contributed by atoms with Crippen LogP contribution in [0, 0.1) is 0 Å². The van der Waals surface area contributed by atoms with Crippen molar-refractivity contribution in [3.05, 3.63) is 0 Å². The molecule has 0 radical (unpaired) electrons. The predicted octanol–water partition coefficient (Wildman–Crippen LogP) is 1.96. The molecule has 2 rings (SSSR count). The Labute approximate surface area is 102 Å². The van der Waals surface area contributed by atoms with Crippen molar-refractivity contribution in [2.45, 2.75) is 55.1 Å². The van der Waals surface area contributed by atoms with Gasteiger partial charge in [-0.1, -0.05) is 19.3 Å². The number of ether oxygens (including phenoxy) is 1. The quantitative estimate of drug-likeness (QED) is 0.769. The van der Waals surface area contributed by atoms with Crippen LogP contribution < -0.4 is 5.32 Å². The van der Waals surface area contributed by atoms with Gasteiger partial charge in [0.2, 0.25) is 0 Å². The molecule has 4 heteroatoms. The van der Waals surface area contributed by atoms with Crippen LogP contribution in [-0.4, -0.2) is 36.2 Å². The summed E-state index contributed by atoms with van der Waals surface area (Å²) >= 11 is 2.09. The average Bonchev–Trinajstić information content (AvgIpc) is 2.78. The highest BCUT2D eigenvalue weighted by molar-refractivity contribution is 8.00. The normalized spacial score (nSPS) is 31.6. The number of carbonyl (C=O) groups excluding carboxylic acids is 1. The summed E-state index contributed by atoms with van der Waals surface area (Å²) in [5, 5.41) is 4.69. The molecule has 92 valence electrons. The zero-order chi connectivity index (χ0) is 11.4. The number of thioether (sulfide) groups is 1. The highest BCUT2D eigenvalue weighted by Crippen LogP contribution is 2.34. The van der Waals surface area contributed by atoms with Crippen molar-refractivity contribution in [1.82, 2.24) is 5.32 Å². The van der Waals surface area contributed by atoms with Gasteiger partial charge in [-0.3, -0.25) is 4.79 Å². The molecule has 1 N–H and O–H groups in total. The van der Waals surface area contributed by atoms with Crippen molar-refractivity contribution in [3.8, 4) is 0 Å². The summed E-state index contributed by atoms with van der Waals surface area (Å²) in [7, 11) is 1.46. The monoisotopic (exact) mass is 243 g/mol. The molecule has 0 spiro atoms. The van der Waals surface area contributed by atoms with Crippen LogP contribution >= 0.6 is 11.8 Å². The van der Waals surface area contributed by atoms with Crippen LogP contribution in [0.3, 0.4) is 0 Å². The van der Waals surface area contributed by atoms with Crippen molar-refractivity contribution >= 4 is 17.7 Å². The number of hydrogen-bond donors (Lipinski definition) is 1. The Balaban J connectivity index is 1.73. The standard InChI is InChI=1S/C12H21NO2S/c1-15-12(14)11-7-10(8-13-11)16-9-5-3-2-4-6-9/h9-11,13H,2-8H2,1H3/t10?,11-/m0/s1. The fourth-order valence-electron chi connectivity index (χ4n) is 2.60. The first-order chi connectivity index (χ1) is 7.79. The first-order valence-corrected chi connectivity index (χ1v) is 7.20. The second-order valence-corrected chi connectivity index (χ2v) is 6.34. The van der Waals surface area contributed by atoms with Crippen LogP contribution in [0.1, 0.15) is 38.5 Å². The van der Waals surface area contributed by atoms with Gasteiger partial charge in [-0.25, -0.2) is 0 Å². The van der Waals surface area contributed by atoms with E-state index in [2.05, 4.69) is 17.1 Å². The Hall–Kier alpha value is -0.220. The van der Waals surface area contributed by atoms with E-state index in [1.165, 1.54) is 39.2 Å². The molecule has 0 amide bonds. The fraction of sp³-hybridized carbons (Fsp3) is 0.917.